The Kier molecular flexibility index (Phi) is 3.95. The fraction of sp³-hybridized carbons (Fsp3) is 0.471. The highest BCUT2D eigenvalue weighted by atomic mass is 19.1. The molecular weight excluding hydrogens is 269 g/mol. The molecule has 0 radical (unpaired) electrons. The number of aryl methyl sites for hydroxylation is 1. The van der Waals surface area contributed by atoms with Gasteiger partial charge in [0.05, 0.1) is 11.5 Å². The average molecular weight is 289 g/mol. The van der Waals surface area contributed by atoms with E-state index >= 15 is 0 Å². The van der Waals surface area contributed by atoms with Gasteiger partial charge in [0.2, 0.25) is 0 Å². The third-order valence-electron chi connectivity index (χ3n) is 4.27. The summed E-state index contributed by atoms with van der Waals surface area (Å²) in [5.74, 6) is -0.179. The Bertz CT molecular complexity index is 702. The van der Waals surface area contributed by atoms with Crippen LogP contribution in [0.1, 0.15) is 44.6 Å². The van der Waals surface area contributed by atoms with Crippen LogP contribution in [0.4, 0.5) is 4.39 Å². The first-order chi connectivity index (χ1) is 10.2. The molecule has 1 saturated carbocycles. The lowest BCUT2D eigenvalue weighted by molar-refractivity contribution is 0.149. The number of H-pyrrole nitrogens is 1. The smallest absolute Gasteiger partial charge is 0.255 e. The number of halogens is 1. The lowest BCUT2D eigenvalue weighted by Crippen LogP contribution is -2.20. The van der Waals surface area contributed by atoms with Crippen LogP contribution in [0.5, 0.6) is 5.75 Å². The summed E-state index contributed by atoms with van der Waals surface area (Å²) in [6, 6.07) is 2.98. The molecule has 0 bridgehead atoms. The maximum absolute atomic E-state index is 14.2. The topological polar surface area (TPSA) is 42.1 Å². The van der Waals surface area contributed by atoms with Crippen molar-refractivity contribution in [3.05, 3.63) is 40.1 Å². The van der Waals surface area contributed by atoms with E-state index in [2.05, 4.69) is 4.98 Å². The van der Waals surface area contributed by atoms with E-state index in [9.17, 15) is 9.18 Å². The lowest BCUT2D eigenvalue weighted by Gasteiger charge is -2.23. The molecule has 21 heavy (non-hydrogen) atoms. The first kappa shape index (κ1) is 14.1. The molecular formula is C17H20FNO2. The third kappa shape index (κ3) is 2.80. The van der Waals surface area contributed by atoms with Crippen molar-refractivity contribution in [3.8, 4) is 5.75 Å². The monoisotopic (exact) mass is 289 g/mol. The van der Waals surface area contributed by atoms with Crippen LogP contribution in [0.15, 0.2) is 23.1 Å². The van der Waals surface area contributed by atoms with Gasteiger partial charge in [-0.1, -0.05) is 13.3 Å². The number of hydrogen-bond donors (Lipinski definition) is 1. The van der Waals surface area contributed by atoms with Crippen molar-refractivity contribution in [3.63, 3.8) is 0 Å². The third-order valence-corrected chi connectivity index (χ3v) is 4.27. The molecule has 0 unspecified atom stereocenters. The van der Waals surface area contributed by atoms with Gasteiger partial charge >= 0.3 is 0 Å². The molecule has 1 fully saturated rings. The number of pyridine rings is 1. The van der Waals surface area contributed by atoms with Crippen molar-refractivity contribution in [2.75, 3.05) is 0 Å². The molecule has 0 amide bonds. The van der Waals surface area contributed by atoms with Crippen LogP contribution in [-0.4, -0.2) is 11.1 Å². The van der Waals surface area contributed by atoms with E-state index in [0.717, 1.165) is 43.1 Å². The fourth-order valence-corrected chi connectivity index (χ4v) is 3.06. The molecule has 4 heteroatoms. The second kappa shape index (κ2) is 5.88. The van der Waals surface area contributed by atoms with E-state index in [-0.39, 0.29) is 17.4 Å². The summed E-state index contributed by atoms with van der Waals surface area (Å²) in [4.78, 5) is 14.5. The summed E-state index contributed by atoms with van der Waals surface area (Å²) in [6.45, 7) is 2.01. The molecule has 0 aliphatic heterocycles. The van der Waals surface area contributed by atoms with Gasteiger partial charge in [0.25, 0.3) is 5.56 Å². The fourth-order valence-electron chi connectivity index (χ4n) is 3.06. The first-order valence-corrected chi connectivity index (χ1v) is 7.69. The Morgan fingerprint density at radius 1 is 1.24 bits per heavy atom. The summed E-state index contributed by atoms with van der Waals surface area (Å²) in [5, 5.41) is 1.18. The molecule has 1 aliphatic rings. The number of hydrogen-bond acceptors (Lipinski definition) is 2. The Morgan fingerprint density at radius 3 is 2.71 bits per heavy atom. The number of ether oxygens (including phenoxy) is 1. The van der Waals surface area contributed by atoms with E-state index in [1.54, 1.807) is 12.3 Å². The minimum Gasteiger partial charge on any atom is -0.487 e. The number of nitrogens with one attached hydrogen (secondary N) is 1. The average Bonchev–Trinajstić information content (AvgIpc) is 2.50. The minimum atomic E-state index is -0.452. The molecule has 2 aromatic rings. The van der Waals surface area contributed by atoms with Crippen LogP contribution >= 0.6 is 0 Å². The normalized spacial score (nSPS) is 16.3. The van der Waals surface area contributed by atoms with Crippen molar-refractivity contribution in [2.45, 2.75) is 51.6 Å². The van der Waals surface area contributed by atoms with E-state index < -0.39 is 5.82 Å². The van der Waals surface area contributed by atoms with Crippen LogP contribution in [-0.2, 0) is 6.42 Å². The van der Waals surface area contributed by atoms with E-state index in [1.807, 2.05) is 6.92 Å². The minimum absolute atomic E-state index is 0.0952. The van der Waals surface area contributed by atoms with Gasteiger partial charge in [0.1, 0.15) is 0 Å². The van der Waals surface area contributed by atoms with Crippen molar-refractivity contribution in [2.24, 2.45) is 0 Å². The van der Waals surface area contributed by atoms with Crippen LogP contribution in [0.2, 0.25) is 0 Å². The zero-order chi connectivity index (χ0) is 14.8. The molecule has 1 aromatic carbocycles. The number of rotatable bonds is 3. The number of aromatic nitrogens is 1. The highest BCUT2D eigenvalue weighted by molar-refractivity contribution is 5.86. The summed E-state index contributed by atoms with van der Waals surface area (Å²) < 4.78 is 20.1. The SMILES string of the molecule is CCc1c[nH]c(=O)c2cc(F)c(OC3CCCCC3)cc12. The lowest BCUT2D eigenvalue weighted by atomic mass is 9.97. The molecule has 112 valence electrons. The Hall–Kier alpha value is -1.84. The Balaban J connectivity index is 2.02. The van der Waals surface area contributed by atoms with Gasteiger partial charge < -0.3 is 9.72 Å². The molecule has 1 heterocycles. The number of fused-ring (bicyclic) bond motifs is 1. The van der Waals surface area contributed by atoms with Crippen LogP contribution in [0, 0.1) is 5.82 Å². The zero-order valence-electron chi connectivity index (χ0n) is 12.2. The highest BCUT2D eigenvalue weighted by Gasteiger charge is 2.18. The number of benzene rings is 1. The van der Waals surface area contributed by atoms with Gasteiger partial charge in [-0.15, -0.1) is 0 Å². The van der Waals surface area contributed by atoms with Crippen LogP contribution < -0.4 is 10.3 Å². The molecule has 1 aliphatic carbocycles. The highest BCUT2D eigenvalue weighted by Crippen LogP contribution is 2.29. The Labute approximate surface area is 123 Å². The molecule has 0 saturated heterocycles. The van der Waals surface area contributed by atoms with E-state index in [4.69, 9.17) is 4.74 Å². The van der Waals surface area contributed by atoms with E-state index in [1.165, 1.54) is 12.5 Å². The van der Waals surface area contributed by atoms with Crippen molar-refractivity contribution < 1.29 is 9.13 Å². The van der Waals surface area contributed by atoms with Crippen molar-refractivity contribution in [1.29, 1.82) is 0 Å². The number of aromatic amines is 1. The molecule has 3 rings (SSSR count). The van der Waals surface area contributed by atoms with Gasteiger partial charge in [-0.3, -0.25) is 4.79 Å². The first-order valence-electron chi connectivity index (χ1n) is 7.69. The second-order valence-electron chi connectivity index (χ2n) is 5.70. The summed E-state index contributed by atoms with van der Waals surface area (Å²) in [7, 11) is 0. The summed E-state index contributed by atoms with van der Waals surface area (Å²) in [6.07, 6.45) is 8.04. The maximum Gasteiger partial charge on any atom is 0.255 e. The van der Waals surface area contributed by atoms with Gasteiger partial charge in [-0.05, 0) is 55.2 Å². The van der Waals surface area contributed by atoms with Crippen LogP contribution in [0.25, 0.3) is 10.8 Å². The molecule has 1 aromatic heterocycles. The molecule has 1 N–H and O–H groups in total. The molecule has 3 nitrogen and oxygen atoms in total. The standard InChI is InChI=1S/C17H20FNO2/c1-2-11-10-19-17(20)14-8-15(18)16(9-13(11)14)21-12-6-4-3-5-7-12/h8-10,12H,2-7H2,1H3,(H,19,20). The largest absolute Gasteiger partial charge is 0.487 e. The zero-order valence-corrected chi connectivity index (χ0v) is 12.2. The van der Waals surface area contributed by atoms with Crippen LogP contribution in [0.3, 0.4) is 0 Å². The van der Waals surface area contributed by atoms with Crippen molar-refractivity contribution in [1.82, 2.24) is 4.98 Å². The summed E-state index contributed by atoms with van der Waals surface area (Å²) >= 11 is 0. The Morgan fingerprint density at radius 2 is 2.00 bits per heavy atom. The molecule has 0 spiro atoms. The van der Waals surface area contributed by atoms with Gasteiger partial charge in [-0.2, -0.15) is 0 Å². The molecule has 0 atom stereocenters. The quantitative estimate of drug-likeness (QED) is 0.930. The van der Waals surface area contributed by atoms with E-state index in [0.29, 0.717) is 5.39 Å². The summed E-state index contributed by atoms with van der Waals surface area (Å²) in [5.41, 5.74) is 0.739. The van der Waals surface area contributed by atoms with Gasteiger partial charge in [-0.25, -0.2) is 4.39 Å². The maximum atomic E-state index is 14.2. The van der Waals surface area contributed by atoms with Gasteiger partial charge in [0.15, 0.2) is 11.6 Å². The second-order valence-corrected chi connectivity index (χ2v) is 5.70. The van der Waals surface area contributed by atoms with Gasteiger partial charge in [0, 0.05) is 6.20 Å². The predicted molar refractivity (Wildman–Crippen MR) is 81.4 cm³/mol. The van der Waals surface area contributed by atoms with Crippen molar-refractivity contribution >= 4 is 10.8 Å². The predicted octanol–water partition coefficient (Wildman–Crippen LogP) is 3.94.